The van der Waals surface area contributed by atoms with Crippen molar-refractivity contribution in [3.63, 3.8) is 0 Å². The van der Waals surface area contributed by atoms with Crippen molar-refractivity contribution in [1.29, 1.82) is 0 Å². The lowest BCUT2D eigenvalue weighted by Crippen LogP contribution is -2.07. The predicted molar refractivity (Wildman–Crippen MR) is 126 cm³/mol. The predicted octanol–water partition coefficient (Wildman–Crippen LogP) is 5.11. The fraction of sp³-hybridized carbons (Fsp3) is 0.0400. The summed E-state index contributed by atoms with van der Waals surface area (Å²) in [6, 6.07) is 22.9. The van der Waals surface area contributed by atoms with Gasteiger partial charge in [0.1, 0.15) is 5.75 Å². The third kappa shape index (κ3) is 5.13. The van der Waals surface area contributed by atoms with E-state index in [-0.39, 0.29) is 5.69 Å². The van der Waals surface area contributed by atoms with E-state index in [4.69, 9.17) is 9.84 Å². The second-order valence-corrected chi connectivity index (χ2v) is 7.07. The molecular weight excluding hydrogens is 420 g/mol. The Hall–Kier alpha value is -4.72. The Morgan fingerprint density at radius 1 is 1.06 bits per heavy atom. The van der Waals surface area contributed by atoms with E-state index < -0.39 is 10.8 Å². The van der Waals surface area contributed by atoms with E-state index in [9.17, 15) is 14.9 Å². The number of para-hydroxylation sites is 1. The van der Waals surface area contributed by atoms with E-state index in [0.29, 0.717) is 11.4 Å². The molecule has 0 unspecified atom stereocenters. The average Bonchev–Trinajstić information content (AvgIpc) is 3.28. The maximum atomic E-state index is 12.5. The molecule has 1 aromatic heterocycles. The van der Waals surface area contributed by atoms with Crippen molar-refractivity contribution >= 4 is 23.4 Å². The molecule has 0 saturated heterocycles. The number of aromatic nitrogens is 2. The van der Waals surface area contributed by atoms with E-state index in [1.807, 2.05) is 60.8 Å². The summed E-state index contributed by atoms with van der Waals surface area (Å²) in [7, 11) is 1.60. The highest BCUT2D eigenvalue weighted by atomic mass is 16.6. The van der Waals surface area contributed by atoms with Gasteiger partial charge in [0.25, 0.3) is 5.69 Å². The summed E-state index contributed by atoms with van der Waals surface area (Å²) in [6.07, 6.45) is 4.88. The third-order valence-corrected chi connectivity index (χ3v) is 4.87. The van der Waals surface area contributed by atoms with Crippen LogP contribution in [0.5, 0.6) is 5.75 Å². The number of amides is 1. The monoisotopic (exact) mass is 440 g/mol. The molecule has 8 heteroatoms. The Labute approximate surface area is 189 Å². The molecule has 0 bridgehead atoms. The van der Waals surface area contributed by atoms with Crippen molar-refractivity contribution in [1.82, 2.24) is 9.78 Å². The number of anilines is 1. The minimum absolute atomic E-state index is 0.0947. The van der Waals surface area contributed by atoms with Gasteiger partial charge in [0.15, 0.2) is 0 Å². The van der Waals surface area contributed by atoms with Gasteiger partial charge in [-0.25, -0.2) is 4.68 Å². The number of rotatable bonds is 7. The highest BCUT2D eigenvalue weighted by Gasteiger charge is 2.12. The van der Waals surface area contributed by atoms with Crippen molar-refractivity contribution in [2.45, 2.75) is 0 Å². The number of benzene rings is 3. The molecule has 0 atom stereocenters. The van der Waals surface area contributed by atoms with Crippen molar-refractivity contribution in [3.05, 3.63) is 107 Å². The minimum atomic E-state index is -0.509. The van der Waals surface area contributed by atoms with Crippen LogP contribution < -0.4 is 10.1 Å². The first kappa shape index (κ1) is 21.5. The molecule has 4 aromatic rings. The summed E-state index contributed by atoms with van der Waals surface area (Å²) in [6.45, 7) is 0. The topological polar surface area (TPSA) is 99.3 Å². The van der Waals surface area contributed by atoms with Crippen molar-refractivity contribution in [2.24, 2.45) is 0 Å². The van der Waals surface area contributed by atoms with Crippen LogP contribution in [0.4, 0.5) is 11.4 Å². The number of non-ortho nitro benzene ring substituents is 1. The molecule has 33 heavy (non-hydrogen) atoms. The molecule has 3 aromatic carbocycles. The summed E-state index contributed by atoms with van der Waals surface area (Å²) in [4.78, 5) is 22.9. The Bertz CT molecular complexity index is 1310. The highest BCUT2D eigenvalue weighted by molar-refractivity contribution is 6.02. The van der Waals surface area contributed by atoms with E-state index >= 15 is 0 Å². The van der Waals surface area contributed by atoms with E-state index in [0.717, 1.165) is 22.6 Å². The molecule has 1 heterocycles. The summed E-state index contributed by atoms with van der Waals surface area (Å²) < 4.78 is 6.98. The van der Waals surface area contributed by atoms with Crippen molar-refractivity contribution in [2.75, 3.05) is 12.4 Å². The lowest BCUT2D eigenvalue weighted by Gasteiger charge is -2.03. The standard InChI is InChI=1S/C25H20N4O4/c1-33-23-13-10-18(11-14-23)25-19(17-28(27-25)21-7-3-2-4-8-21)12-15-24(30)26-20-6-5-9-22(16-20)29(31)32/h2-17H,1H3,(H,26,30). The number of hydrogen-bond donors (Lipinski definition) is 1. The molecule has 0 aliphatic rings. The maximum absolute atomic E-state index is 12.5. The number of nitrogens with zero attached hydrogens (tertiary/aromatic N) is 3. The summed E-state index contributed by atoms with van der Waals surface area (Å²) in [5, 5.41) is 18.3. The third-order valence-electron chi connectivity index (χ3n) is 4.87. The van der Waals surface area contributed by atoms with Gasteiger partial charge in [0.05, 0.1) is 23.4 Å². The Balaban J connectivity index is 1.63. The van der Waals surface area contributed by atoms with Gasteiger partial charge < -0.3 is 10.1 Å². The van der Waals surface area contributed by atoms with Crippen LogP contribution in [0.2, 0.25) is 0 Å². The summed E-state index contributed by atoms with van der Waals surface area (Å²) in [5.41, 5.74) is 3.42. The molecule has 0 spiro atoms. The number of hydrogen-bond acceptors (Lipinski definition) is 5. The highest BCUT2D eigenvalue weighted by Crippen LogP contribution is 2.27. The quantitative estimate of drug-likeness (QED) is 0.245. The number of carbonyl (C=O) groups excluding carboxylic acids is 1. The zero-order valence-electron chi connectivity index (χ0n) is 17.7. The van der Waals surface area contributed by atoms with Crippen molar-refractivity contribution in [3.8, 4) is 22.7 Å². The number of nitrogens with one attached hydrogen (secondary N) is 1. The largest absolute Gasteiger partial charge is 0.497 e. The van der Waals surface area contributed by atoms with Crippen LogP contribution in [-0.2, 0) is 4.79 Å². The van der Waals surface area contributed by atoms with Gasteiger partial charge in [-0.3, -0.25) is 14.9 Å². The van der Waals surface area contributed by atoms with Gasteiger partial charge in [-0.1, -0.05) is 24.3 Å². The SMILES string of the molecule is COc1ccc(-c2nn(-c3ccccc3)cc2C=CC(=O)Nc2cccc([N+](=O)[O-])c2)cc1. The zero-order chi connectivity index (χ0) is 23.2. The number of nitro groups is 1. The number of nitro benzene ring substituents is 1. The molecule has 0 aliphatic carbocycles. The molecule has 164 valence electrons. The van der Waals surface area contributed by atoms with Crippen LogP contribution in [0.3, 0.4) is 0 Å². The van der Waals surface area contributed by atoms with E-state index in [1.54, 1.807) is 23.9 Å². The lowest BCUT2D eigenvalue weighted by molar-refractivity contribution is -0.384. The molecule has 4 rings (SSSR count). The number of methoxy groups -OCH3 is 1. The molecule has 0 aliphatic heterocycles. The van der Waals surface area contributed by atoms with Gasteiger partial charge >= 0.3 is 0 Å². The van der Waals surface area contributed by atoms with Gasteiger partial charge in [-0.05, 0) is 48.5 Å². The molecule has 8 nitrogen and oxygen atoms in total. The van der Waals surface area contributed by atoms with Crippen LogP contribution in [0.1, 0.15) is 5.56 Å². The van der Waals surface area contributed by atoms with Gasteiger partial charge in [0, 0.05) is 41.2 Å². The van der Waals surface area contributed by atoms with Gasteiger partial charge in [0.2, 0.25) is 5.91 Å². The smallest absolute Gasteiger partial charge is 0.271 e. The van der Waals surface area contributed by atoms with Gasteiger partial charge in [-0.2, -0.15) is 5.10 Å². The Morgan fingerprint density at radius 3 is 2.52 bits per heavy atom. The summed E-state index contributed by atoms with van der Waals surface area (Å²) >= 11 is 0. The first-order valence-corrected chi connectivity index (χ1v) is 10.1. The fourth-order valence-corrected chi connectivity index (χ4v) is 3.24. The number of ether oxygens (including phenoxy) is 1. The minimum Gasteiger partial charge on any atom is -0.497 e. The molecule has 1 N–H and O–H groups in total. The Kier molecular flexibility index (Phi) is 6.26. The molecule has 1 amide bonds. The summed E-state index contributed by atoms with van der Waals surface area (Å²) in [5.74, 6) is 0.318. The Morgan fingerprint density at radius 2 is 1.82 bits per heavy atom. The van der Waals surface area contributed by atoms with E-state index in [2.05, 4.69) is 5.32 Å². The van der Waals surface area contributed by atoms with Gasteiger partial charge in [-0.15, -0.1) is 0 Å². The second-order valence-electron chi connectivity index (χ2n) is 7.07. The molecular formula is C25H20N4O4. The van der Waals surface area contributed by atoms with Crippen LogP contribution in [0.15, 0.2) is 91.1 Å². The number of carbonyl (C=O) groups is 1. The lowest BCUT2D eigenvalue weighted by atomic mass is 10.1. The van der Waals surface area contributed by atoms with Crippen LogP contribution in [-0.4, -0.2) is 27.7 Å². The average molecular weight is 440 g/mol. The first-order valence-electron chi connectivity index (χ1n) is 10.1. The zero-order valence-corrected chi connectivity index (χ0v) is 17.7. The van der Waals surface area contributed by atoms with Crippen LogP contribution in [0, 0.1) is 10.1 Å². The van der Waals surface area contributed by atoms with Crippen LogP contribution >= 0.6 is 0 Å². The normalized spacial score (nSPS) is 10.8. The second kappa shape index (κ2) is 9.61. The van der Waals surface area contributed by atoms with Crippen molar-refractivity contribution < 1.29 is 14.5 Å². The molecule has 0 saturated carbocycles. The first-order chi connectivity index (χ1) is 16.0. The fourth-order valence-electron chi connectivity index (χ4n) is 3.24. The van der Waals surface area contributed by atoms with E-state index in [1.165, 1.54) is 24.3 Å². The molecule has 0 radical (unpaired) electrons. The molecule has 0 fully saturated rings. The maximum Gasteiger partial charge on any atom is 0.271 e. The van der Waals surface area contributed by atoms with Crippen LogP contribution in [0.25, 0.3) is 23.0 Å².